The molecule has 7 heteroatoms. The highest BCUT2D eigenvalue weighted by molar-refractivity contribution is 5.97. The molecule has 1 amide bonds. The first-order chi connectivity index (χ1) is 11.2. The van der Waals surface area contributed by atoms with Crippen molar-refractivity contribution in [2.24, 2.45) is 0 Å². The van der Waals surface area contributed by atoms with Gasteiger partial charge in [0.05, 0.1) is 13.2 Å². The molecule has 0 aromatic carbocycles. The summed E-state index contributed by atoms with van der Waals surface area (Å²) < 4.78 is 5.27. The minimum absolute atomic E-state index is 0.0234. The van der Waals surface area contributed by atoms with E-state index >= 15 is 0 Å². The van der Waals surface area contributed by atoms with Crippen LogP contribution in [0.1, 0.15) is 5.56 Å². The van der Waals surface area contributed by atoms with Crippen molar-refractivity contribution in [3.05, 3.63) is 35.7 Å². The number of nitrogens with one attached hydrogen (secondary N) is 2. The van der Waals surface area contributed by atoms with Crippen molar-refractivity contribution in [2.75, 3.05) is 44.7 Å². The highest BCUT2D eigenvalue weighted by Crippen LogP contribution is 2.06. The van der Waals surface area contributed by atoms with Crippen molar-refractivity contribution in [2.45, 2.75) is 6.92 Å². The Hall–Kier alpha value is -2.43. The van der Waals surface area contributed by atoms with Gasteiger partial charge in [0, 0.05) is 38.6 Å². The summed E-state index contributed by atoms with van der Waals surface area (Å²) >= 11 is 0. The van der Waals surface area contributed by atoms with Crippen molar-refractivity contribution < 1.29 is 9.53 Å². The molecular formula is C16H21N5O2. The number of carbonyl (C=O) groups is 1. The van der Waals surface area contributed by atoms with E-state index in [1.165, 1.54) is 6.20 Å². The van der Waals surface area contributed by atoms with Crippen LogP contribution in [0.5, 0.6) is 0 Å². The molecule has 0 spiro atoms. The number of morpholine rings is 1. The van der Waals surface area contributed by atoms with Crippen LogP contribution in [0.2, 0.25) is 0 Å². The molecule has 1 saturated heterocycles. The number of hydrogen-bond donors (Lipinski definition) is 2. The molecule has 1 aromatic rings. The molecule has 1 aromatic heterocycles. The number of pyridine rings is 1. The van der Waals surface area contributed by atoms with Gasteiger partial charge < -0.3 is 15.4 Å². The number of anilines is 1. The fourth-order valence-electron chi connectivity index (χ4n) is 2.16. The number of carbonyl (C=O) groups excluding carboxylic acids is 1. The van der Waals surface area contributed by atoms with E-state index in [1.54, 1.807) is 6.20 Å². The Bertz CT molecular complexity index is 603. The van der Waals surface area contributed by atoms with E-state index in [0.717, 1.165) is 38.4 Å². The van der Waals surface area contributed by atoms with Gasteiger partial charge in [-0.1, -0.05) is 0 Å². The minimum Gasteiger partial charge on any atom is -0.379 e. The largest absolute Gasteiger partial charge is 0.379 e. The van der Waals surface area contributed by atoms with Gasteiger partial charge in [-0.3, -0.25) is 9.69 Å². The summed E-state index contributed by atoms with van der Waals surface area (Å²) in [5.74, 6) is 0.208. The number of rotatable bonds is 6. The number of nitriles is 1. The lowest BCUT2D eigenvalue weighted by atomic mass is 10.3. The lowest BCUT2D eigenvalue weighted by Gasteiger charge is -2.26. The van der Waals surface area contributed by atoms with Gasteiger partial charge in [0.1, 0.15) is 17.5 Å². The Balaban J connectivity index is 1.80. The van der Waals surface area contributed by atoms with Gasteiger partial charge in [-0.25, -0.2) is 4.98 Å². The summed E-state index contributed by atoms with van der Waals surface area (Å²) in [6.07, 6.45) is 3.05. The monoisotopic (exact) mass is 315 g/mol. The Morgan fingerprint density at radius 1 is 1.52 bits per heavy atom. The fourth-order valence-corrected chi connectivity index (χ4v) is 2.16. The highest BCUT2D eigenvalue weighted by Gasteiger charge is 2.12. The van der Waals surface area contributed by atoms with Crippen LogP contribution in [0.3, 0.4) is 0 Å². The zero-order chi connectivity index (χ0) is 16.5. The third-order valence-corrected chi connectivity index (χ3v) is 3.46. The Kier molecular flexibility index (Phi) is 6.54. The molecule has 0 unspecified atom stereocenters. The van der Waals surface area contributed by atoms with Gasteiger partial charge in [-0.05, 0) is 24.6 Å². The summed E-state index contributed by atoms with van der Waals surface area (Å²) in [6, 6.07) is 5.61. The van der Waals surface area contributed by atoms with Crippen molar-refractivity contribution in [3.63, 3.8) is 0 Å². The van der Waals surface area contributed by atoms with Gasteiger partial charge in [0.25, 0.3) is 5.91 Å². The molecule has 7 nitrogen and oxygen atoms in total. The summed E-state index contributed by atoms with van der Waals surface area (Å²) in [5, 5.41) is 14.7. The second-order valence-electron chi connectivity index (χ2n) is 5.24. The average Bonchev–Trinajstić information content (AvgIpc) is 2.56. The molecule has 1 fully saturated rings. The summed E-state index contributed by atoms with van der Waals surface area (Å²) in [5.41, 5.74) is 1.07. The predicted octanol–water partition coefficient (Wildman–Crippen LogP) is 0.658. The Morgan fingerprint density at radius 2 is 2.30 bits per heavy atom. The first-order valence-electron chi connectivity index (χ1n) is 7.57. The molecule has 0 bridgehead atoms. The smallest absolute Gasteiger partial charge is 0.263 e. The van der Waals surface area contributed by atoms with Crippen LogP contribution in [0.4, 0.5) is 5.82 Å². The van der Waals surface area contributed by atoms with E-state index in [-0.39, 0.29) is 11.5 Å². The molecule has 0 aliphatic carbocycles. The molecule has 2 N–H and O–H groups in total. The van der Waals surface area contributed by atoms with E-state index in [4.69, 9.17) is 10.00 Å². The van der Waals surface area contributed by atoms with Gasteiger partial charge in [-0.2, -0.15) is 5.26 Å². The second-order valence-corrected chi connectivity index (χ2v) is 5.24. The maximum Gasteiger partial charge on any atom is 0.263 e. The molecule has 2 rings (SSSR count). The number of ether oxygens (including phenoxy) is 1. The molecule has 23 heavy (non-hydrogen) atoms. The molecule has 2 heterocycles. The van der Waals surface area contributed by atoms with Crippen molar-refractivity contribution in [1.82, 2.24) is 15.2 Å². The summed E-state index contributed by atoms with van der Waals surface area (Å²) in [7, 11) is 0. The van der Waals surface area contributed by atoms with Gasteiger partial charge in [-0.15, -0.1) is 0 Å². The Morgan fingerprint density at radius 3 is 3.00 bits per heavy atom. The van der Waals surface area contributed by atoms with Crippen molar-refractivity contribution in [1.29, 1.82) is 5.26 Å². The zero-order valence-corrected chi connectivity index (χ0v) is 13.2. The van der Waals surface area contributed by atoms with Gasteiger partial charge in [0.15, 0.2) is 0 Å². The van der Waals surface area contributed by atoms with Crippen LogP contribution < -0.4 is 10.6 Å². The third-order valence-electron chi connectivity index (χ3n) is 3.46. The van der Waals surface area contributed by atoms with Crippen molar-refractivity contribution >= 4 is 11.7 Å². The van der Waals surface area contributed by atoms with E-state index in [9.17, 15) is 4.79 Å². The molecule has 1 aliphatic rings. The van der Waals surface area contributed by atoms with Crippen LogP contribution in [0.25, 0.3) is 0 Å². The maximum atomic E-state index is 12.0. The zero-order valence-electron chi connectivity index (χ0n) is 13.2. The quantitative estimate of drug-likeness (QED) is 0.592. The number of hydrogen-bond acceptors (Lipinski definition) is 6. The molecule has 0 radical (unpaired) electrons. The average molecular weight is 315 g/mol. The number of amides is 1. The molecular weight excluding hydrogens is 294 g/mol. The Labute approximate surface area is 135 Å². The summed E-state index contributed by atoms with van der Waals surface area (Å²) in [6.45, 7) is 6.39. The summed E-state index contributed by atoms with van der Waals surface area (Å²) in [4.78, 5) is 18.3. The van der Waals surface area contributed by atoms with E-state index in [2.05, 4.69) is 20.5 Å². The van der Waals surface area contributed by atoms with Crippen LogP contribution in [0.15, 0.2) is 30.1 Å². The SMILES string of the molecule is Cc1ccnc(N/C=C(/C#N)C(=O)NCCN2CCOCC2)c1. The van der Waals surface area contributed by atoms with Crippen LogP contribution in [0, 0.1) is 18.3 Å². The second kappa shape index (κ2) is 8.88. The molecule has 0 atom stereocenters. The number of aromatic nitrogens is 1. The molecule has 0 saturated carbocycles. The first-order valence-corrected chi connectivity index (χ1v) is 7.57. The molecule has 122 valence electrons. The normalized spacial score (nSPS) is 15.7. The fraction of sp³-hybridized carbons (Fsp3) is 0.438. The third kappa shape index (κ3) is 5.70. The van der Waals surface area contributed by atoms with Gasteiger partial charge >= 0.3 is 0 Å². The topological polar surface area (TPSA) is 90.3 Å². The van der Waals surface area contributed by atoms with E-state index in [0.29, 0.717) is 12.4 Å². The first kappa shape index (κ1) is 16.9. The van der Waals surface area contributed by atoms with E-state index in [1.807, 2.05) is 25.1 Å². The van der Waals surface area contributed by atoms with E-state index < -0.39 is 0 Å². The van der Waals surface area contributed by atoms with Crippen LogP contribution >= 0.6 is 0 Å². The predicted molar refractivity (Wildman–Crippen MR) is 86.6 cm³/mol. The minimum atomic E-state index is -0.388. The number of nitrogens with zero attached hydrogens (tertiary/aromatic N) is 3. The highest BCUT2D eigenvalue weighted by atomic mass is 16.5. The number of aryl methyl sites for hydroxylation is 1. The standard InChI is InChI=1S/C16H21N5O2/c1-13-2-3-18-15(10-13)20-12-14(11-17)16(22)19-4-5-21-6-8-23-9-7-21/h2-3,10,12H,4-9H2,1H3,(H,18,20)(H,19,22)/b14-12-. The van der Waals surface area contributed by atoms with Crippen molar-refractivity contribution in [3.8, 4) is 6.07 Å². The van der Waals surface area contributed by atoms with Gasteiger partial charge in [0.2, 0.25) is 0 Å². The molecule has 1 aliphatic heterocycles. The van der Waals surface area contributed by atoms with Crippen LogP contribution in [-0.2, 0) is 9.53 Å². The van der Waals surface area contributed by atoms with Crippen LogP contribution in [-0.4, -0.2) is 55.2 Å². The lowest BCUT2D eigenvalue weighted by molar-refractivity contribution is -0.117. The lowest BCUT2D eigenvalue weighted by Crippen LogP contribution is -2.41. The maximum absolute atomic E-state index is 12.0.